The molecule has 1 atom stereocenters. The minimum atomic E-state index is -0.325. The fourth-order valence-electron chi connectivity index (χ4n) is 0.846. The van der Waals surface area contributed by atoms with Gasteiger partial charge in [0.25, 0.3) is 0 Å². The topological polar surface area (TPSA) is 64.1 Å². The van der Waals surface area contributed by atoms with E-state index in [1.165, 1.54) is 0 Å². The van der Waals surface area contributed by atoms with Crippen LogP contribution in [0.25, 0.3) is 0 Å². The minimum absolute atomic E-state index is 0.325. The summed E-state index contributed by atoms with van der Waals surface area (Å²) in [6.07, 6.45) is 1.98. The molecule has 5 heteroatoms. The molecule has 0 aliphatic rings. The van der Waals surface area contributed by atoms with E-state index in [-0.39, 0.29) is 6.10 Å². The number of nitrogens with zero attached hydrogens (tertiary/aromatic N) is 2. The number of aliphatic hydroxyl groups is 1. The number of rotatable bonds is 3. The van der Waals surface area contributed by atoms with Gasteiger partial charge < -0.3 is 10.8 Å². The number of anilines is 1. The number of nitrogen functional groups attached to an aromatic ring is 1. The highest BCUT2D eigenvalue weighted by Gasteiger charge is 2.03. The molecule has 0 fully saturated rings. The first-order valence-electron chi connectivity index (χ1n) is 3.76. The summed E-state index contributed by atoms with van der Waals surface area (Å²) in [6.45, 7) is 2.36. The molecule has 1 rings (SSSR count). The lowest BCUT2D eigenvalue weighted by Crippen LogP contribution is -2.07. The molecule has 1 unspecified atom stereocenters. The molecule has 1 heterocycles. The SMILES string of the molecule is CC(O)CCn1cc(Cl)c(N)n1. The van der Waals surface area contributed by atoms with Crippen molar-refractivity contribution in [2.75, 3.05) is 5.73 Å². The number of aliphatic hydroxyl groups excluding tert-OH is 1. The molecule has 0 aliphatic carbocycles. The van der Waals surface area contributed by atoms with E-state index >= 15 is 0 Å². The maximum Gasteiger partial charge on any atom is 0.164 e. The normalized spacial score (nSPS) is 13.2. The van der Waals surface area contributed by atoms with Crippen LogP contribution in [0, 0.1) is 0 Å². The summed E-state index contributed by atoms with van der Waals surface area (Å²) in [5, 5.41) is 13.4. The van der Waals surface area contributed by atoms with E-state index in [1.54, 1.807) is 17.8 Å². The molecule has 0 saturated heterocycles. The van der Waals surface area contributed by atoms with Crippen LogP contribution in [-0.4, -0.2) is 21.0 Å². The summed E-state index contributed by atoms with van der Waals surface area (Å²) in [4.78, 5) is 0. The summed E-state index contributed by atoms with van der Waals surface area (Å²) >= 11 is 5.67. The summed E-state index contributed by atoms with van der Waals surface area (Å²) in [6, 6.07) is 0. The van der Waals surface area contributed by atoms with Crippen molar-refractivity contribution in [3.8, 4) is 0 Å². The Morgan fingerprint density at radius 2 is 2.50 bits per heavy atom. The van der Waals surface area contributed by atoms with Crippen molar-refractivity contribution in [2.24, 2.45) is 0 Å². The standard InChI is InChI=1S/C7H12ClN3O/c1-5(12)2-3-11-4-6(8)7(9)10-11/h4-5,12H,2-3H2,1H3,(H2,9,10). The van der Waals surface area contributed by atoms with E-state index in [4.69, 9.17) is 22.4 Å². The monoisotopic (exact) mass is 189 g/mol. The molecule has 1 aromatic rings. The first-order chi connectivity index (χ1) is 5.59. The van der Waals surface area contributed by atoms with Crippen LogP contribution in [0.15, 0.2) is 6.20 Å². The molecular formula is C7H12ClN3O. The molecule has 3 N–H and O–H groups in total. The molecule has 0 spiro atoms. The van der Waals surface area contributed by atoms with Crippen LogP contribution in [0.1, 0.15) is 13.3 Å². The maximum atomic E-state index is 8.98. The lowest BCUT2D eigenvalue weighted by Gasteiger charge is -2.02. The third-order valence-corrected chi connectivity index (χ3v) is 1.81. The molecule has 0 aliphatic heterocycles. The average Bonchev–Trinajstić information content (AvgIpc) is 2.28. The van der Waals surface area contributed by atoms with E-state index in [0.717, 1.165) is 0 Å². The van der Waals surface area contributed by atoms with Gasteiger partial charge in [-0.3, -0.25) is 4.68 Å². The summed E-state index contributed by atoms with van der Waals surface area (Å²) < 4.78 is 1.63. The van der Waals surface area contributed by atoms with Gasteiger partial charge in [-0.15, -0.1) is 0 Å². The van der Waals surface area contributed by atoms with E-state index in [0.29, 0.717) is 23.8 Å². The molecule has 0 bridgehead atoms. The number of nitrogens with two attached hydrogens (primary N) is 1. The van der Waals surface area contributed by atoms with Crippen LogP contribution >= 0.6 is 11.6 Å². The van der Waals surface area contributed by atoms with E-state index in [2.05, 4.69) is 5.10 Å². The Bertz CT molecular complexity index is 240. The van der Waals surface area contributed by atoms with Gasteiger partial charge in [-0.25, -0.2) is 0 Å². The largest absolute Gasteiger partial charge is 0.393 e. The highest BCUT2D eigenvalue weighted by molar-refractivity contribution is 6.32. The highest BCUT2D eigenvalue weighted by atomic mass is 35.5. The molecule has 1 aromatic heterocycles. The van der Waals surface area contributed by atoms with Crippen LogP contribution in [0.2, 0.25) is 5.02 Å². The van der Waals surface area contributed by atoms with E-state index < -0.39 is 0 Å². The van der Waals surface area contributed by atoms with Gasteiger partial charge in [0.05, 0.1) is 6.10 Å². The van der Waals surface area contributed by atoms with Crippen LogP contribution in [0.5, 0.6) is 0 Å². The predicted octanol–water partition coefficient (Wildman–Crippen LogP) is 0.890. The molecule has 0 radical (unpaired) electrons. The Kier molecular flexibility index (Phi) is 2.94. The highest BCUT2D eigenvalue weighted by Crippen LogP contribution is 2.15. The lowest BCUT2D eigenvalue weighted by atomic mass is 10.3. The maximum absolute atomic E-state index is 8.98. The van der Waals surface area contributed by atoms with Crippen LogP contribution in [-0.2, 0) is 6.54 Å². The van der Waals surface area contributed by atoms with Gasteiger partial charge in [-0.1, -0.05) is 11.6 Å². The van der Waals surface area contributed by atoms with Crippen molar-refractivity contribution < 1.29 is 5.11 Å². The zero-order valence-electron chi connectivity index (χ0n) is 6.87. The van der Waals surface area contributed by atoms with Crippen LogP contribution < -0.4 is 5.73 Å². The van der Waals surface area contributed by atoms with Gasteiger partial charge in [0.1, 0.15) is 5.02 Å². The van der Waals surface area contributed by atoms with Gasteiger partial charge >= 0.3 is 0 Å². The third kappa shape index (κ3) is 2.39. The lowest BCUT2D eigenvalue weighted by molar-refractivity contribution is 0.176. The Morgan fingerprint density at radius 3 is 2.92 bits per heavy atom. The second-order valence-corrected chi connectivity index (χ2v) is 3.17. The molecule has 12 heavy (non-hydrogen) atoms. The second-order valence-electron chi connectivity index (χ2n) is 2.76. The Hall–Kier alpha value is -0.740. The summed E-state index contributed by atoms with van der Waals surface area (Å²) in [5.41, 5.74) is 5.42. The number of hydrogen-bond acceptors (Lipinski definition) is 3. The zero-order chi connectivity index (χ0) is 9.14. The third-order valence-electron chi connectivity index (χ3n) is 1.52. The van der Waals surface area contributed by atoms with Gasteiger partial charge in [0, 0.05) is 12.7 Å². The smallest absolute Gasteiger partial charge is 0.164 e. The van der Waals surface area contributed by atoms with Gasteiger partial charge in [-0.2, -0.15) is 5.10 Å². The molecular weight excluding hydrogens is 178 g/mol. The zero-order valence-corrected chi connectivity index (χ0v) is 7.62. The molecule has 0 amide bonds. The quantitative estimate of drug-likeness (QED) is 0.743. The van der Waals surface area contributed by atoms with E-state index in [9.17, 15) is 0 Å². The minimum Gasteiger partial charge on any atom is -0.393 e. The van der Waals surface area contributed by atoms with Crippen molar-refractivity contribution in [3.05, 3.63) is 11.2 Å². The van der Waals surface area contributed by atoms with Crippen LogP contribution in [0.3, 0.4) is 0 Å². The number of hydrogen-bond donors (Lipinski definition) is 2. The second kappa shape index (κ2) is 3.78. The summed E-state index contributed by atoms with van der Waals surface area (Å²) in [5.74, 6) is 0.335. The molecule has 0 aromatic carbocycles. The average molecular weight is 190 g/mol. The molecule has 0 saturated carbocycles. The Morgan fingerprint density at radius 1 is 1.83 bits per heavy atom. The van der Waals surface area contributed by atoms with Crippen molar-refractivity contribution >= 4 is 17.4 Å². The number of aryl methyl sites for hydroxylation is 1. The fourth-order valence-corrected chi connectivity index (χ4v) is 0.996. The number of halogens is 1. The summed E-state index contributed by atoms with van der Waals surface area (Å²) in [7, 11) is 0. The molecule has 68 valence electrons. The van der Waals surface area contributed by atoms with Gasteiger partial charge in [0.2, 0.25) is 0 Å². The predicted molar refractivity (Wildman–Crippen MR) is 47.9 cm³/mol. The number of aromatic nitrogens is 2. The Labute approximate surface area is 75.9 Å². The first kappa shape index (κ1) is 9.35. The van der Waals surface area contributed by atoms with Crippen molar-refractivity contribution in [3.63, 3.8) is 0 Å². The van der Waals surface area contributed by atoms with Gasteiger partial charge in [0.15, 0.2) is 5.82 Å². The van der Waals surface area contributed by atoms with Crippen molar-refractivity contribution in [2.45, 2.75) is 26.0 Å². The van der Waals surface area contributed by atoms with Crippen LogP contribution in [0.4, 0.5) is 5.82 Å². The Balaban J connectivity index is 2.53. The first-order valence-corrected chi connectivity index (χ1v) is 4.14. The van der Waals surface area contributed by atoms with E-state index in [1.807, 2.05) is 0 Å². The molecule has 4 nitrogen and oxygen atoms in total. The van der Waals surface area contributed by atoms with Crippen molar-refractivity contribution in [1.82, 2.24) is 9.78 Å². The van der Waals surface area contributed by atoms with Crippen molar-refractivity contribution in [1.29, 1.82) is 0 Å². The van der Waals surface area contributed by atoms with Gasteiger partial charge in [-0.05, 0) is 13.3 Å². The fraction of sp³-hybridized carbons (Fsp3) is 0.571.